The zero-order valence-electron chi connectivity index (χ0n) is 18.5. The molecule has 1 unspecified atom stereocenters. The number of rotatable bonds is 8. The van der Waals surface area contributed by atoms with Gasteiger partial charge < -0.3 is 10.6 Å². The third kappa shape index (κ3) is 6.50. The summed E-state index contributed by atoms with van der Waals surface area (Å²) in [6.07, 6.45) is 0.970. The van der Waals surface area contributed by atoms with Crippen LogP contribution in [0.1, 0.15) is 28.9 Å². The molecule has 3 aromatic carbocycles. The SMILES string of the molecule is CC(NC(=O)c1ccccc1NC(=O)CN(c1ccc(Cl)cc1Cl)S(C)(=O)=O)c1ccccc1. The van der Waals surface area contributed by atoms with E-state index in [1.807, 2.05) is 37.3 Å². The summed E-state index contributed by atoms with van der Waals surface area (Å²) in [4.78, 5) is 25.7. The van der Waals surface area contributed by atoms with Gasteiger partial charge in [-0.15, -0.1) is 0 Å². The van der Waals surface area contributed by atoms with E-state index in [-0.39, 0.29) is 33.9 Å². The number of carbonyl (C=O) groups is 2. The van der Waals surface area contributed by atoms with Gasteiger partial charge >= 0.3 is 0 Å². The number of nitrogens with zero attached hydrogens (tertiary/aromatic N) is 1. The Bertz CT molecular complexity index is 1300. The minimum absolute atomic E-state index is 0.0837. The highest BCUT2D eigenvalue weighted by Gasteiger charge is 2.24. The summed E-state index contributed by atoms with van der Waals surface area (Å²) in [6, 6.07) is 20.0. The Balaban J connectivity index is 1.79. The van der Waals surface area contributed by atoms with Gasteiger partial charge in [-0.05, 0) is 42.8 Å². The number of carbonyl (C=O) groups excluding carboxylic acids is 2. The van der Waals surface area contributed by atoms with Crippen LogP contribution in [-0.4, -0.2) is 33.0 Å². The number of nitrogens with one attached hydrogen (secondary N) is 2. The summed E-state index contributed by atoms with van der Waals surface area (Å²) in [6.45, 7) is 1.31. The van der Waals surface area contributed by atoms with Crippen molar-refractivity contribution in [3.8, 4) is 0 Å². The quantitative estimate of drug-likeness (QED) is 0.442. The number of amides is 2. The largest absolute Gasteiger partial charge is 0.345 e. The molecule has 2 amide bonds. The zero-order chi connectivity index (χ0) is 24.9. The van der Waals surface area contributed by atoms with E-state index in [2.05, 4.69) is 10.6 Å². The number of hydrogen-bond acceptors (Lipinski definition) is 4. The highest BCUT2D eigenvalue weighted by Crippen LogP contribution is 2.30. The monoisotopic (exact) mass is 519 g/mol. The molecule has 0 bridgehead atoms. The molecule has 0 aliphatic heterocycles. The summed E-state index contributed by atoms with van der Waals surface area (Å²) >= 11 is 12.1. The van der Waals surface area contributed by atoms with Crippen LogP contribution in [0.3, 0.4) is 0 Å². The van der Waals surface area contributed by atoms with E-state index in [0.717, 1.165) is 16.1 Å². The molecule has 3 aromatic rings. The summed E-state index contributed by atoms with van der Waals surface area (Å²) in [5.41, 5.74) is 1.54. The Hall–Kier alpha value is -3.07. The van der Waals surface area contributed by atoms with Gasteiger partial charge in [-0.25, -0.2) is 8.42 Å². The van der Waals surface area contributed by atoms with Crippen LogP contribution in [0.15, 0.2) is 72.8 Å². The zero-order valence-corrected chi connectivity index (χ0v) is 20.8. The standard InChI is InChI=1S/C24H23Cl2N3O4S/c1-16(17-8-4-3-5-9-17)27-24(31)19-10-6-7-11-21(19)28-23(30)15-29(34(2,32)33)22-13-12-18(25)14-20(22)26/h3-14,16H,15H2,1-2H3,(H,27,31)(H,28,30). The second-order valence-electron chi connectivity index (χ2n) is 7.56. The highest BCUT2D eigenvalue weighted by molar-refractivity contribution is 7.92. The molecule has 0 aromatic heterocycles. The smallest absolute Gasteiger partial charge is 0.253 e. The van der Waals surface area contributed by atoms with Crippen LogP contribution in [0.2, 0.25) is 10.0 Å². The maximum atomic E-state index is 12.9. The predicted octanol–water partition coefficient (Wildman–Crippen LogP) is 4.89. The second-order valence-corrected chi connectivity index (χ2v) is 10.3. The van der Waals surface area contributed by atoms with Gasteiger partial charge in [-0.2, -0.15) is 0 Å². The molecule has 1 atom stereocenters. The minimum atomic E-state index is -3.85. The van der Waals surface area contributed by atoms with Crippen LogP contribution in [0.5, 0.6) is 0 Å². The first kappa shape index (κ1) is 25.6. The molecule has 0 aliphatic carbocycles. The van der Waals surface area contributed by atoms with E-state index >= 15 is 0 Å². The van der Waals surface area contributed by atoms with E-state index < -0.39 is 22.5 Å². The first-order valence-electron chi connectivity index (χ1n) is 10.2. The average molecular weight is 520 g/mol. The molecule has 3 rings (SSSR count). The predicted molar refractivity (Wildman–Crippen MR) is 136 cm³/mol. The first-order valence-corrected chi connectivity index (χ1v) is 12.8. The van der Waals surface area contributed by atoms with Gasteiger partial charge in [0.25, 0.3) is 5.91 Å². The molecule has 0 radical (unpaired) electrons. The van der Waals surface area contributed by atoms with Crippen molar-refractivity contribution >= 4 is 56.4 Å². The highest BCUT2D eigenvalue weighted by atomic mass is 35.5. The topological polar surface area (TPSA) is 95.6 Å². The van der Waals surface area contributed by atoms with E-state index in [1.165, 1.54) is 18.2 Å². The molecule has 0 fully saturated rings. The Labute approximate surface area is 208 Å². The van der Waals surface area contributed by atoms with Gasteiger partial charge in [0, 0.05) is 5.02 Å². The van der Waals surface area contributed by atoms with Crippen LogP contribution >= 0.6 is 23.2 Å². The minimum Gasteiger partial charge on any atom is -0.345 e. The van der Waals surface area contributed by atoms with Crippen molar-refractivity contribution in [1.29, 1.82) is 0 Å². The van der Waals surface area contributed by atoms with E-state index in [1.54, 1.807) is 24.3 Å². The van der Waals surface area contributed by atoms with Crippen LogP contribution < -0.4 is 14.9 Å². The van der Waals surface area contributed by atoms with Gasteiger partial charge in [0.1, 0.15) is 6.54 Å². The van der Waals surface area contributed by atoms with Crippen molar-refractivity contribution in [2.45, 2.75) is 13.0 Å². The van der Waals surface area contributed by atoms with Gasteiger partial charge in [0.15, 0.2) is 0 Å². The summed E-state index contributed by atoms with van der Waals surface area (Å²) in [5.74, 6) is -1.03. The lowest BCUT2D eigenvalue weighted by molar-refractivity contribution is -0.114. The van der Waals surface area contributed by atoms with Crippen LogP contribution in [0.4, 0.5) is 11.4 Å². The lowest BCUT2D eigenvalue weighted by Crippen LogP contribution is -2.38. The third-order valence-electron chi connectivity index (χ3n) is 4.96. The summed E-state index contributed by atoms with van der Waals surface area (Å²) in [7, 11) is -3.85. The number of benzene rings is 3. The molecule has 7 nitrogen and oxygen atoms in total. The molecule has 0 spiro atoms. The van der Waals surface area contributed by atoms with Crippen LogP contribution in [-0.2, 0) is 14.8 Å². The van der Waals surface area contributed by atoms with Gasteiger partial charge in [-0.3, -0.25) is 13.9 Å². The Morgan fingerprint density at radius 2 is 1.62 bits per heavy atom. The number of anilines is 2. The fourth-order valence-corrected chi connectivity index (χ4v) is 4.70. The van der Waals surface area contributed by atoms with Crippen molar-refractivity contribution in [1.82, 2.24) is 5.32 Å². The van der Waals surface area contributed by atoms with Crippen molar-refractivity contribution in [2.24, 2.45) is 0 Å². The Kier molecular flexibility index (Phi) is 8.19. The Morgan fingerprint density at radius 3 is 2.26 bits per heavy atom. The molecule has 0 heterocycles. The number of hydrogen-bond donors (Lipinski definition) is 2. The van der Waals surface area contributed by atoms with Gasteiger partial charge in [0.2, 0.25) is 15.9 Å². The number of para-hydroxylation sites is 1. The Morgan fingerprint density at radius 1 is 0.971 bits per heavy atom. The van der Waals surface area contributed by atoms with Crippen molar-refractivity contribution < 1.29 is 18.0 Å². The molecule has 178 valence electrons. The molecular formula is C24H23Cl2N3O4S. The maximum Gasteiger partial charge on any atom is 0.253 e. The third-order valence-corrected chi connectivity index (χ3v) is 6.62. The number of sulfonamides is 1. The molecule has 0 saturated heterocycles. The molecule has 34 heavy (non-hydrogen) atoms. The fourth-order valence-electron chi connectivity index (χ4n) is 3.27. The van der Waals surface area contributed by atoms with Crippen LogP contribution in [0.25, 0.3) is 0 Å². The van der Waals surface area contributed by atoms with Crippen molar-refractivity contribution in [3.05, 3.63) is 94.0 Å². The maximum absolute atomic E-state index is 12.9. The van der Waals surface area contributed by atoms with E-state index in [0.29, 0.717) is 5.02 Å². The molecule has 10 heteroatoms. The summed E-state index contributed by atoms with van der Waals surface area (Å²) in [5, 5.41) is 5.95. The lowest BCUT2D eigenvalue weighted by Gasteiger charge is -2.23. The van der Waals surface area contributed by atoms with Crippen molar-refractivity contribution in [2.75, 3.05) is 22.4 Å². The lowest BCUT2D eigenvalue weighted by atomic mass is 10.1. The molecule has 0 saturated carbocycles. The average Bonchev–Trinajstić information content (AvgIpc) is 2.78. The molecular weight excluding hydrogens is 497 g/mol. The van der Waals surface area contributed by atoms with Crippen LogP contribution in [0, 0.1) is 0 Å². The van der Waals surface area contributed by atoms with E-state index in [9.17, 15) is 18.0 Å². The molecule has 2 N–H and O–H groups in total. The summed E-state index contributed by atoms with van der Waals surface area (Å²) < 4.78 is 25.6. The normalized spacial score (nSPS) is 12.0. The van der Waals surface area contributed by atoms with Crippen molar-refractivity contribution in [3.63, 3.8) is 0 Å². The van der Waals surface area contributed by atoms with E-state index in [4.69, 9.17) is 23.2 Å². The number of halogens is 2. The van der Waals surface area contributed by atoms with Gasteiger partial charge in [0.05, 0.1) is 34.3 Å². The first-order chi connectivity index (χ1) is 16.1. The molecule has 0 aliphatic rings. The fraction of sp³-hybridized carbons (Fsp3) is 0.167. The second kappa shape index (κ2) is 10.9. The van der Waals surface area contributed by atoms with Gasteiger partial charge in [-0.1, -0.05) is 65.7 Å².